The number of aromatic nitrogens is 1. The number of rotatable bonds is 6. The van der Waals surface area contributed by atoms with Gasteiger partial charge in [-0.1, -0.05) is 11.8 Å². The first-order valence-electron chi connectivity index (χ1n) is 15.1. The van der Waals surface area contributed by atoms with Gasteiger partial charge in [-0.3, -0.25) is 9.59 Å². The van der Waals surface area contributed by atoms with Crippen molar-refractivity contribution in [1.29, 1.82) is 5.26 Å². The lowest BCUT2D eigenvalue weighted by Gasteiger charge is -2.32. The van der Waals surface area contributed by atoms with E-state index in [1.807, 2.05) is 40.7 Å². The van der Waals surface area contributed by atoms with Gasteiger partial charge in [0.15, 0.2) is 0 Å². The Labute approximate surface area is 258 Å². The van der Waals surface area contributed by atoms with Crippen molar-refractivity contribution < 1.29 is 28.6 Å². The molecular weight excluding hydrogens is 562 g/mol. The Balaban J connectivity index is 1.63. The molecule has 3 heterocycles. The van der Waals surface area contributed by atoms with E-state index < -0.39 is 11.5 Å². The van der Waals surface area contributed by atoms with E-state index in [2.05, 4.69) is 16.8 Å². The summed E-state index contributed by atoms with van der Waals surface area (Å²) >= 11 is 0. The van der Waals surface area contributed by atoms with Crippen LogP contribution in [-0.2, 0) is 9.53 Å². The summed E-state index contributed by atoms with van der Waals surface area (Å²) < 4.78 is 17.8. The molecule has 0 bridgehead atoms. The van der Waals surface area contributed by atoms with Crippen LogP contribution < -0.4 is 15.2 Å². The van der Waals surface area contributed by atoms with Gasteiger partial charge in [0.05, 0.1) is 29.8 Å². The van der Waals surface area contributed by atoms with Crippen LogP contribution in [0.1, 0.15) is 82.6 Å². The average molecular weight is 604 g/mol. The fourth-order valence-corrected chi connectivity index (χ4v) is 5.29. The molecule has 44 heavy (non-hydrogen) atoms. The summed E-state index contributed by atoms with van der Waals surface area (Å²) in [6.45, 7) is 11.3. The number of piperidine rings is 2. The van der Waals surface area contributed by atoms with E-state index in [1.54, 1.807) is 28.1 Å². The molecule has 234 valence electrons. The molecular formula is C33H41N5O6. The molecule has 1 aromatic heterocycles. The number of amides is 3. The van der Waals surface area contributed by atoms with Crippen molar-refractivity contribution in [1.82, 2.24) is 14.8 Å². The number of pyridine rings is 1. The molecule has 1 atom stereocenters. The lowest BCUT2D eigenvalue weighted by molar-refractivity contribution is -0.132. The second kappa shape index (κ2) is 13.9. The molecule has 2 saturated heterocycles. The van der Waals surface area contributed by atoms with Gasteiger partial charge < -0.3 is 29.7 Å². The summed E-state index contributed by atoms with van der Waals surface area (Å²) in [7, 11) is 0. The second-order valence-electron chi connectivity index (χ2n) is 12.5. The van der Waals surface area contributed by atoms with Crippen molar-refractivity contribution in [2.75, 3.05) is 26.2 Å². The highest BCUT2D eigenvalue weighted by molar-refractivity contribution is 6.03. The standard InChI is InChI=1S/C33H41N5O6/c1-21(2)42-28-18-26-25(17-27(28)30(35)40)23(9-8-22-11-15-37(16-12-22)32(41)44-33(3,4)5)19-36-31(26)43-24-7-6-14-38(20-24)29(39)10-13-34/h17-19,21-22,24H,6-7,10-12,14-16,20H2,1-5H3,(H2,35,40)/t24-/m1/s1. The molecule has 0 aliphatic carbocycles. The Bertz CT molecular complexity index is 1510. The Morgan fingerprint density at radius 2 is 1.82 bits per heavy atom. The molecule has 11 nitrogen and oxygen atoms in total. The number of likely N-dealkylation sites (tertiary alicyclic amines) is 2. The number of primary amides is 1. The first kappa shape index (κ1) is 32.4. The highest BCUT2D eigenvalue weighted by atomic mass is 16.6. The number of benzene rings is 1. The second-order valence-corrected chi connectivity index (χ2v) is 12.5. The summed E-state index contributed by atoms with van der Waals surface area (Å²) in [5, 5.41) is 10.2. The molecule has 2 fully saturated rings. The van der Waals surface area contributed by atoms with Crippen LogP contribution in [-0.4, -0.2) is 76.7 Å². The van der Waals surface area contributed by atoms with E-state index in [4.69, 9.17) is 25.2 Å². The van der Waals surface area contributed by atoms with Crippen molar-refractivity contribution in [2.45, 2.75) is 84.5 Å². The van der Waals surface area contributed by atoms with Crippen molar-refractivity contribution >= 4 is 28.7 Å². The number of carbonyl (C=O) groups excluding carboxylic acids is 3. The van der Waals surface area contributed by atoms with Gasteiger partial charge in [-0.15, -0.1) is 0 Å². The maximum absolute atomic E-state index is 12.5. The van der Waals surface area contributed by atoms with Crippen molar-refractivity contribution in [3.8, 4) is 29.5 Å². The minimum absolute atomic E-state index is 0.0676. The predicted molar refractivity (Wildman–Crippen MR) is 164 cm³/mol. The van der Waals surface area contributed by atoms with Crippen LogP contribution in [0.15, 0.2) is 18.3 Å². The summed E-state index contributed by atoms with van der Waals surface area (Å²) in [5.74, 6) is 6.46. The summed E-state index contributed by atoms with van der Waals surface area (Å²) in [4.78, 5) is 45.2. The highest BCUT2D eigenvalue weighted by Gasteiger charge is 2.28. The van der Waals surface area contributed by atoms with E-state index >= 15 is 0 Å². The third-order valence-corrected chi connectivity index (χ3v) is 7.38. The number of carbonyl (C=O) groups is 3. The highest BCUT2D eigenvalue weighted by Crippen LogP contribution is 2.34. The Morgan fingerprint density at radius 1 is 1.09 bits per heavy atom. The first-order valence-corrected chi connectivity index (χ1v) is 15.1. The van der Waals surface area contributed by atoms with Gasteiger partial charge in [-0.05, 0) is 72.4 Å². The zero-order valence-corrected chi connectivity index (χ0v) is 26.1. The topological polar surface area (TPSA) is 148 Å². The quantitative estimate of drug-likeness (QED) is 0.478. The molecule has 0 radical (unpaired) electrons. The minimum Gasteiger partial charge on any atom is -0.490 e. The molecule has 11 heteroatoms. The number of nitrogens with two attached hydrogens (primary N) is 1. The molecule has 2 aliphatic heterocycles. The van der Waals surface area contributed by atoms with E-state index in [0.29, 0.717) is 67.0 Å². The van der Waals surface area contributed by atoms with Crippen LogP contribution in [0.2, 0.25) is 0 Å². The average Bonchev–Trinajstić information content (AvgIpc) is 2.95. The fourth-order valence-electron chi connectivity index (χ4n) is 5.29. The SMILES string of the molecule is CC(C)Oc1cc2c(O[C@@H]3CCCN(C(=O)CC#N)C3)ncc(C#CC3CCN(C(=O)OC(C)(C)C)CC3)c2cc1C(N)=O. The van der Waals surface area contributed by atoms with E-state index in [1.165, 1.54) is 0 Å². The van der Waals surface area contributed by atoms with E-state index in [9.17, 15) is 14.4 Å². The number of hydrogen-bond acceptors (Lipinski definition) is 8. The Hall–Kier alpha value is -4.51. The summed E-state index contributed by atoms with van der Waals surface area (Å²) in [5.41, 5.74) is 6.03. The largest absolute Gasteiger partial charge is 0.490 e. The van der Waals surface area contributed by atoms with Gasteiger partial charge in [0.1, 0.15) is 23.9 Å². The third-order valence-electron chi connectivity index (χ3n) is 7.38. The van der Waals surface area contributed by atoms with Crippen molar-refractivity contribution in [3.63, 3.8) is 0 Å². The van der Waals surface area contributed by atoms with Crippen LogP contribution >= 0.6 is 0 Å². The smallest absolute Gasteiger partial charge is 0.410 e. The van der Waals surface area contributed by atoms with Gasteiger partial charge in [0, 0.05) is 42.5 Å². The summed E-state index contributed by atoms with van der Waals surface area (Å²) in [6.07, 6.45) is 3.48. The number of nitrogens with zero attached hydrogens (tertiary/aromatic N) is 4. The number of fused-ring (bicyclic) bond motifs is 1. The molecule has 0 unspecified atom stereocenters. The zero-order valence-electron chi connectivity index (χ0n) is 26.1. The Morgan fingerprint density at radius 3 is 2.45 bits per heavy atom. The monoisotopic (exact) mass is 603 g/mol. The zero-order chi connectivity index (χ0) is 32.0. The van der Waals surface area contributed by atoms with Crippen LogP contribution in [0.4, 0.5) is 4.79 Å². The van der Waals surface area contributed by atoms with Crippen LogP contribution in [0.25, 0.3) is 10.8 Å². The molecule has 2 aliphatic rings. The molecule has 1 aromatic carbocycles. The minimum atomic E-state index is -0.630. The van der Waals surface area contributed by atoms with E-state index in [0.717, 1.165) is 12.8 Å². The van der Waals surface area contributed by atoms with E-state index in [-0.39, 0.29) is 42.1 Å². The van der Waals surface area contributed by atoms with Crippen molar-refractivity contribution in [2.24, 2.45) is 11.7 Å². The molecule has 0 spiro atoms. The molecule has 0 saturated carbocycles. The molecule has 4 rings (SSSR count). The molecule has 2 aromatic rings. The van der Waals surface area contributed by atoms with Gasteiger partial charge in [0.2, 0.25) is 11.8 Å². The van der Waals surface area contributed by atoms with Crippen LogP contribution in [0.5, 0.6) is 11.6 Å². The maximum atomic E-state index is 12.5. The lowest BCUT2D eigenvalue weighted by Crippen LogP contribution is -2.44. The summed E-state index contributed by atoms with van der Waals surface area (Å²) in [6, 6.07) is 5.30. The first-order chi connectivity index (χ1) is 20.8. The van der Waals surface area contributed by atoms with Gasteiger partial charge >= 0.3 is 6.09 Å². The van der Waals surface area contributed by atoms with Gasteiger partial charge in [-0.2, -0.15) is 5.26 Å². The lowest BCUT2D eigenvalue weighted by atomic mass is 9.96. The third kappa shape index (κ3) is 8.31. The number of ether oxygens (including phenoxy) is 3. The van der Waals surface area contributed by atoms with Crippen LogP contribution in [0, 0.1) is 29.1 Å². The predicted octanol–water partition coefficient (Wildman–Crippen LogP) is 4.40. The fraction of sp³-hybridized carbons (Fsp3) is 0.545. The van der Waals surface area contributed by atoms with Crippen LogP contribution in [0.3, 0.4) is 0 Å². The van der Waals surface area contributed by atoms with Gasteiger partial charge in [0.25, 0.3) is 5.91 Å². The van der Waals surface area contributed by atoms with Gasteiger partial charge in [-0.25, -0.2) is 9.78 Å². The number of hydrogen-bond donors (Lipinski definition) is 1. The molecule has 3 amide bonds. The molecule has 2 N–H and O–H groups in total. The normalized spacial score (nSPS) is 17.4. The Kier molecular flexibility index (Phi) is 10.2. The maximum Gasteiger partial charge on any atom is 0.410 e. The van der Waals surface area contributed by atoms with Crippen molar-refractivity contribution in [3.05, 3.63) is 29.5 Å². The number of nitriles is 1.